The van der Waals surface area contributed by atoms with Crippen LogP contribution in [-0.4, -0.2) is 4.57 Å². The van der Waals surface area contributed by atoms with Gasteiger partial charge in [0.05, 0.1) is 5.52 Å². The highest BCUT2D eigenvalue weighted by molar-refractivity contribution is 5.74. The molecular formula is C11H12FNO2. The summed E-state index contributed by atoms with van der Waals surface area (Å²) in [5.74, 6) is -0.712. The summed E-state index contributed by atoms with van der Waals surface area (Å²) in [6.45, 7) is 3.81. The molecule has 0 aliphatic carbocycles. The molecular weight excluding hydrogens is 197 g/mol. The normalized spacial score (nSPS) is 11.5. The molecule has 3 nitrogen and oxygen atoms in total. The van der Waals surface area contributed by atoms with Gasteiger partial charge in [0.1, 0.15) is 5.82 Å². The van der Waals surface area contributed by atoms with Crippen LogP contribution in [0.15, 0.2) is 21.3 Å². The van der Waals surface area contributed by atoms with Crippen LogP contribution in [-0.2, 0) is 7.05 Å². The minimum Gasteiger partial charge on any atom is -0.408 e. The molecule has 4 heteroatoms. The van der Waals surface area contributed by atoms with E-state index in [0.717, 1.165) is 0 Å². The highest BCUT2D eigenvalue weighted by Gasteiger charge is 2.13. The van der Waals surface area contributed by atoms with Crippen molar-refractivity contribution in [2.24, 2.45) is 7.05 Å². The molecule has 0 unspecified atom stereocenters. The van der Waals surface area contributed by atoms with Crippen LogP contribution < -0.4 is 5.76 Å². The number of aryl methyl sites for hydroxylation is 1. The Morgan fingerprint density at radius 1 is 1.40 bits per heavy atom. The monoisotopic (exact) mass is 209 g/mol. The molecule has 0 aliphatic heterocycles. The zero-order chi connectivity index (χ0) is 11.2. The van der Waals surface area contributed by atoms with Crippen LogP contribution in [0.3, 0.4) is 0 Å². The van der Waals surface area contributed by atoms with E-state index in [9.17, 15) is 9.18 Å². The van der Waals surface area contributed by atoms with Gasteiger partial charge in [0.2, 0.25) is 0 Å². The third kappa shape index (κ3) is 1.46. The van der Waals surface area contributed by atoms with Gasteiger partial charge in [-0.2, -0.15) is 0 Å². The largest absolute Gasteiger partial charge is 0.419 e. The van der Waals surface area contributed by atoms with Crippen molar-refractivity contribution in [2.75, 3.05) is 0 Å². The topological polar surface area (TPSA) is 35.1 Å². The molecule has 0 saturated heterocycles. The summed E-state index contributed by atoms with van der Waals surface area (Å²) >= 11 is 0. The van der Waals surface area contributed by atoms with Gasteiger partial charge in [0, 0.05) is 13.1 Å². The second-order valence-corrected chi connectivity index (χ2v) is 3.92. The first kappa shape index (κ1) is 9.96. The number of fused-ring (bicyclic) bond motifs is 1. The second kappa shape index (κ2) is 3.22. The smallest absolute Gasteiger partial charge is 0.408 e. The molecule has 0 atom stereocenters. The summed E-state index contributed by atoms with van der Waals surface area (Å²) in [5.41, 5.74) is 1.52. The molecule has 2 aromatic rings. The minimum atomic E-state index is -0.467. The van der Waals surface area contributed by atoms with Gasteiger partial charge >= 0.3 is 5.76 Å². The van der Waals surface area contributed by atoms with Crippen molar-refractivity contribution in [2.45, 2.75) is 19.8 Å². The molecule has 2 rings (SSSR count). The second-order valence-electron chi connectivity index (χ2n) is 3.92. The van der Waals surface area contributed by atoms with Gasteiger partial charge in [-0.25, -0.2) is 9.18 Å². The number of aromatic nitrogens is 1. The van der Waals surface area contributed by atoms with Crippen molar-refractivity contribution in [3.8, 4) is 0 Å². The molecule has 0 N–H and O–H groups in total. The molecule has 0 amide bonds. The van der Waals surface area contributed by atoms with E-state index < -0.39 is 5.76 Å². The number of halogens is 1. The van der Waals surface area contributed by atoms with Crippen LogP contribution in [0.4, 0.5) is 4.39 Å². The van der Waals surface area contributed by atoms with Crippen LogP contribution in [0.1, 0.15) is 25.3 Å². The average molecular weight is 209 g/mol. The fourth-order valence-corrected chi connectivity index (χ4v) is 1.61. The lowest BCUT2D eigenvalue weighted by atomic mass is 10.0. The number of oxazole rings is 1. The van der Waals surface area contributed by atoms with Gasteiger partial charge in [0.15, 0.2) is 5.58 Å². The van der Waals surface area contributed by atoms with E-state index in [2.05, 4.69) is 0 Å². The predicted molar refractivity (Wildman–Crippen MR) is 55.5 cm³/mol. The van der Waals surface area contributed by atoms with Crippen LogP contribution in [0.2, 0.25) is 0 Å². The summed E-state index contributed by atoms with van der Waals surface area (Å²) in [6, 6.07) is 2.94. The van der Waals surface area contributed by atoms with E-state index >= 15 is 0 Å². The molecule has 0 fully saturated rings. The van der Waals surface area contributed by atoms with E-state index in [1.165, 1.54) is 10.6 Å². The first-order valence-corrected chi connectivity index (χ1v) is 4.79. The number of rotatable bonds is 1. The SMILES string of the molecule is CC(C)c1cc2c(cc1F)oc(=O)n2C. The standard InChI is InChI=1S/C11H12FNO2/c1-6(2)7-4-9-10(5-8(7)12)15-11(14)13(9)3/h4-6H,1-3H3. The Morgan fingerprint density at radius 3 is 2.67 bits per heavy atom. The summed E-state index contributed by atoms with van der Waals surface area (Å²) in [7, 11) is 1.61. The Balaban J connectivity index is 2.83. The quantitative estimate of drug-likeness (QED) is 0.722. The third-order valence-corrected chi connectivity index (χ3v) is 2.53. The highest BCUT2D eigenvalue weighted by atomic mass is 19.1. The van der Waals surface area contributed by atoms with Crippen LogP contribution in [0.5, 0.6) is 0 Å². The Bertz CT molecular complexity index is 566. The maximum absolute atomic E-state index is 13.5. The van der Waals surface area contributed by atoms with E-state index in [1.54, 1.807) is 13.1 Å². The number of hydrogen-bond acceptors (Lipinski definition) is 2. The zero-order valence-corrected chi connectivity index (χ0v) is 8.87. The lowest BCUT2D eigenvalue weighted by molar-refractivity contribution is 0.524. The van der Waals surface area contributed by atoms with Crippen molar-refractivity contribution >= 4 is 11.1 Å². The Hall–Kier alpha value is -1.58. The third-order valence-electron chi connectivity index (χ3n) is 2.53. The molecule has 1 heterocycles. The molecule has 15 heavy (non-hydrogen) atoms. The van der Waals surface area contributed by atoms with Gasteiger partial charge in [-0.15, -0.1) is 0 Å². The highest BCUT2D eigenvalue weighted by Crippen LogP contribution is 2.23. The summed E-state index contributed by atoms with van der Waals surface area (Å²) in [4.78, 5) is 11.2. The van der Waals surface area contributed by atoms with Gasteiger partial charge in [0.25, 0.3) is 0 Å². The number of hydrogen-bond donors (Lipinski definition) is 0. The van der Waals surface area contributed by atoms with Crippen molar-refractivity contribution in [1.29, 1.82) is 0 Å². The van der Waals surface area contributed by atoms with Crippen LogP contribution >= 0.6 is 0 Å². The number of nitrogens with zero attached hydrogens (tertiary/aromatic N) is 1. The molecule has 0 radical (unpaired) electrons. The lowest BCUT2D eigenvalue weighted by Gasteiger charge is -2.06. The lowest BCUT2D eigenvalue weighted by Crippen LogP contribution is -2.08. The molecule has 0 saturated carbocycles. The Labute approximate surface area is 86.1 Å². The van der Waals surface area contributed by atoms with Crippen molar-refractivity contribution in [1.82, 2.24) is 4.57 Å². The maximum Gasteiger partial charge on any atom is 0.419 e. The average Bonchev–Trinajstić information content (AvgIpc) is 2.41. The maximum atomic E-state index is 13.5. The summed E-state index contributed by atoms with van der Waals surface area (Å²) in [5, 5.41) is 0. The molecule has 1 aromatic carbocycles. The fraction of sp³-hybridized carbons (Fsp3) is 0.364. The molecule has 0 aliphatic rings. The molecule has 1 aromatic heterocycles. The van der Waals surface area contributed by atoms with Crippen molar-refractivity contribution in [3.63, 3.8) is 0 Å². The summed E-state index contributed by atoms with van der Waals surface area (Å²) < 4.78 is 19.8. The molecule has 0 spiro atoms. The van der Waals surface area contributed by atoms with Gasteiger partial charge in [-0.3, -0.25) is 4.57 Å². The van der Waals surface area contributed by atoms with Crippen molar-refractivity contribution < 1.29 is 8.81 Å². The van der Waals surface area contributed by atoms with Gasteiger partial charge in [-0.1, -0.05) is 13.8 Å². The van der Waals surface area contributed by atoms with Gasteiger partial charge < -0.3 is 4.42 Å². The first-order chi connectivity index (χ1) is 7.00. The molecule has 0 bridgehead atoms. The van der Waals surface area contributed by atoms with Crippen LogP contribution in [0, 0.1) is 5.82 Å². The Kier molecular flexibility index (Phi) is 2.14. The van der Waals surface area contributed by atoms with E-state index in [4.69, 9.17) is 4.42 Å². The predicted octanol–water partition coefficient (Wildman–Crippen LogP) is 2.39. The minimum absolute atomic E-state index is 0.0828. The van der Waals surface area contributed by atoms with E-state index in [-0.39, 0.29) is 11.7 Å². The first-order valence-electron chi connectivity index (χ1n) is 4.79. The van der Waals surface area contributed by atoms with Crippen molar-refractivity contribution in [3.05, 3.63) is 34.1 Å². The summed E-state index contributed by atoms with van der Waals surface area (Å²) in [6.07, 6.45) is 0. The van der Waals surface area contributed by atoms with E-state index in [0.29, 0.717) is 16.7 Å². The van der Waals surface area contributed by atoms with Crippen LogP contribution in [0.25, 0.3) is 11.1 Å². The number of benzene rings is 1. The fourth-order valence-electron chi connectivity index (χ4n) is 1.61. The zero-order valence-electron chi connectivity index (χ0n) is 8.87. The molecule has 80 valence electrons. The van der Waals surface area contributed by atoms with Gasteiger partial charge in [-0.05, 0) is 17.5 Å². The Morgan fingerprint density at radius 2 is 2.07 bits per heavy atom. The van der Waals surface area contributed by atoms with E-state index in [1.807, 2.05) is 13.8 Å².